The minimum Gasteiger partial charge on any atom is -0.346 e. The van der Waals surface area contributed by atoms with Crippen LogP contribution in [0.3, 0.4) is 0 Å². The molecule has 78 valence electrons. The summed E-state index contributed by atoms with van der Waals surface area (Å²) < 4.78 is 1.26. The summed E-state index contributed by atoms with van der Waals surface area (Å²) >= 11 is 1.76. The lowest BCUT2D eigenvalue weighted by molar-refractivity contribution is 0.752. The highest BCUT2D eigenvalue weighted by Crippen LogP contribution is 2.30. The molecule has 2 aromatic rings. The van der Waals surface area contributed by atoms with E-state index in [4.69, 9.17) is 5.73 Å². The van der Waals surface area contributed by atoms with Crippen LogP contribution in [0.2, 0.25) is 0 Å². The zero-order valence-corrected chi connectivity index (χ0v) is 9.20. The molecule has 3 nitrogen and oxygen atoms in total. The Kier molecular flexibility index (Phi) is 2.11. The average Bonchev–Trinajstić information content (AvgIpc) is 2.82. The van der Waals surface area contributed by atoms with Crippen molar-refractivity contribution in [2.24, 2.45) is 5.73 Å². The zero-order valence-electron chi connectivity index (χ0n) is 8.39. The van der Waals surface area contributed by atoms with Gasteiger partial charge in [-0.15, -0.1) is 0 Å². The number of benzene rings is 1. The first-order valence-electron chi connectivity index (χ1n) is 5.19. The van der Waals surface area contributed by atoms with Crippen LogP contribution in [-0.2, 0) is 0 Å². The van der Waals surface area contributed by atoms with Gasteiger partial charge >= 0.3 is 0 Å². The van der Waals surface area contributed by atoms with Crippen LogP contribution in [0.5, 0.6) is 0 Å². The van der Waals surface area contributed by atoms with Crippen molar-refractivity contribution in [3.63, 3.8) is 0 Å². The number of nitrogens with zero attached hydrogens (tertiary/aromatic N) is 2. The van der Waals surface area contributed by atoms with Crippen LogP contribution in [0.15, 0.2) is 24.3 Å². The number of para-hydroxylation sites is 1. The lowest BCUT2D eigenvalue weighted by Gasteiger charge is -2.12. The molecule has 0 radical (unpaired) electrons. The second-order valence-electron chi connectivity index (χ2n) is 3.96. The Morgan fingerprint density at radius 1 is 1.40 bits per heavy atom. The molecular formula is C11H13N3S. The molecule has 4 heteroatoms. The van der Waals surface area contributed by atoms with Gasteiger partial charge in [-0.2, -0.15) is 0 Å². The van der Waals surface area contributed by atoms with E-state index in [2.05, 4.69) is 28.1 Å². The van der Waals surface area contributed by atoms with Gasteiger partial charge < -0.3 is 10.6 Å². The molecule has 0 bridgehead atoms. The molecule has 0 spiro atoms. The van der Waals surface area contributed by atoms with Crippen molar-refractivity contribution >= 4 is 26.7 Å². The van der Waals surface area contributed by atoms with Crippen molar-refractivity contribution in [3.8, 4) is 0 Å². The smallest absolute Gasteiger partial charge is 0.186 e. The maximum atomic E-state index is 5.89. The Bertz CT molecular complexity index is 446. The van der Waals surface area contributed by atoms with Gasteiger partial charge in [0.05, 0.1) is 10.2 Å². The van der Waals surface area contributed by atoms with E-state index in [0.29, 0.717) is 6.04 Å². The highest BCUT2D eigenvalue weighted by Gasteiger charge is 2.21. The molecule has 3 rings (SSSR count). The van der Waals surface area contributed by atoms with E-state index in [1.54, 1.807) is 11.3 Å². The molecular weight excluding hydrogens is 206 g/mol. The lowest BCUT2D eigenvalue weighted by Crippen LogP contribution is -2.26. The molecule has 2 N–H and O–H groups in total. The third-order valence-corrected chi connectivity index (χ3v) is 3.88. The maximum Gasteiger partial charge on any atom is 0.186 e. The minimum atomic E-state index is 0.317. The Hall–Kier alpha value is -1.13. The average molecular weight is 219 g/mol. The quantitative estimate of drug-likeness (QED) is 0.795. The second-order valence-corrected chi connectivity index (χ2v) is 4.97. The van der Waals surface area contributed by atoms with Gasteiger partial charge in [0.15, 0.2) is 5.13 Å². The van der Waals surface area contributed by atoms with Gasteiger partial charge in [-0.25, -0.2) is 4.98 Å². The van der Waals surface area contributed by atoms with E-state index in [1.165, 1.54) is 4.70 Å². The number of fused-ring (bicyclic) bond motifs is 1. The number of rotatable bonds is 1. The van der Waals surface area contributed by atoms with Crippen molar-refractivity contribution in [3.05, 3.63) is 24.3 Å². The molecule has 1 aromatic carbocycles. The highest BCUT2D eigenvalue weighted by atomic mass is 32.1. The monoisotopic (exact) mass is 219 g/mol. The fraction of sp³-hybridized carbons (Fsp3) is 0.364. The predicted molar refractivity (Wildman–Crippen MR) is 64.4 cm³/mol. The first-order chi connectivity index (χ1) is 7.33. The SMILES string of the molecule is N[C@@H]1CCN(c2nc3ccccc3s2)C1. The van der Waals surface area contributed by atoms with E-state index in [-0.39, 0.29) is 0 Å². The molecule has 0 saturated carbocycles. The second kappa shape index (κ2) is 3.47. The summed E-state index contributed by atoms with van der Waals surface area (Å²) in [6.07, 6.45) is 1.08. The Balaban J connectivity index is 1.98. The van der Waals surface area contributed by atoms with E-state index in [0.717, 1.165) is 30.2 Å². The summed E-state index contributed by atoms with van der Waals surface area (Å²) in [4.78, 5) is 6.91. The summed E-state index contributed by atoms with van der Waals surface area (Å²) in [5.74, 6) is 0. The van der Waals surface area contributed by atoms with Gasteiger partial charge in [-0.3, -0.25) is 0 Å². The molecule has 15 heavy (non-hydrogen) atoms. The van der Waals surface area contributed by atoms with Crippen molar-refractivity contribution in [1.29, 1.82) is 0 Å². The first kappa shape index (κ1) is 9.12. The normalized spacial score (nSPS) is 21.4. The summed E-state index contributed by atoms with van der Waals surface area (Å²) in [5, 5.41) is 1.11. The Morgan fingerprint density at radius 2 is 2.27 bits per heavy atom. The van der Waals surface area contributed by atoms with Crippen LogP contribution >= 0.6 is 11.3 Å². The van der Waals surface area contributed by atoms with Gasteiger partial charge in [0.2, 0.25) is 0 Å². The molecule has 1 aliphatic heterocycles. The third-order valence-electron chi connectivity index (χ3n) is 2.78. The van der Waals surface area contributed by atoms with Crippen molar-refractivity contribution < 1.29 is 0 Å². The molecule has 2 heterocycles. The lowest BCUT2D eigenvalue weighted by atomic mass is 10.3. The van der Waals surface area contributed by atoms with Crippen molar-refractivity contribution in [2.45, 2.75) is 12.5 Å². The molecule has 1 atom stereocenters. The number of nitrogens with two attached hydrogens (primary N) is 1. The summed E-state index contributed by atoms with van der Waals surface area (Å²) in [5.41, 5.74) is 6.99. The zero-order chi connectivity index (χ0) is 10.3. The largest absolute Gasteiger partial charge is 0.346 e. The van der Waals surface area contributed by atoms with Crippen LogP contribution < -0.4 is 10.6 Å². The van der Waals surface area contributed by atoms with Gasteiger partial charge in [-0.05, 0) is 18.6 Å². The number of aromatic nitrogens is 1. The molecule has 1 saturated heterocycles. The van der Waals surface area contributed by atoms with Gasteiger partial charge in [-0.1, -0.05) is 23.5 Å². The van der Waals surface area contributed by atoms with E-state index < -0.39 is 0 Å². The molecule has 0 unspecified atom stereocenters. The summed E-state index contributed by atoms with van der Waals surface area (Å²) in [7, 11) is 0. The molecule has 1 aliphatic rings. The topological polar surface area (TPSA) is 42.1 Å². The third kappa shape index (κ3) is 1.60. The standard InChI is InChI=1S/C11H13N3S/c12-8-5-6-14(7-8)11-13-9-3-1-2-4-10(9)15-11/h1-4,8H,5-7,12H2/t8-/m1/s1. The molecule has 0 aliphatic carbocycles. The maximum absolute atomic E-state index is 5.89. The first-order valence-corrected chi connectivity index (χ1v) is 6.01. The van der Waals surface area contributed by atoms with Crippen molar-refractivity contribution in [1.82, 2.24) is 4.98 Å². The Morgan fingerprint density at radius 3 is 3.00 bits per heavy atom. The summed E-state index contributed by atoms with van der Waals surface area (Å²) in [6, 6.07) is 8.58. The van der Waals surface area contributed by atoms with Crippen LogP contribution in [0.4, 0.5) is 5.13 Å². The van der Waals surface area contributed by atoms with Crippen LogP contribution in [-0.4, -0.2) is 24.1 Å². The van der Waals surface area contributed by atoms with Crippen LogP contribution in [0.25, 0.3) is 10.2 Å². The predicted octanol–water partition coefficient (Wildman–Crippen LogP) is 1.83. The number of hydrogen-bond donors (Lipinski definition) is 1. The van der Waals surface area contributed by atoms with Crippen LogP contribution in [0, 0.1) is 0 Å². The minimum absolute atomic E-state index is 0.317. The summed E-state index contributed by atoms with van der Waals surface area (Å²) in [6.45, 7) is 1.99. The number of anilines is 1. The van der Waals surface area contributed by atoms with E-state index in [9.17, 15) is 0 Å². The van der Waals surface area contributed by atoms with E-state index in [1.807, 2.05) is 6.07 Å². The molecule has 1 aromatic heterocycles. The fourth-order valence-electron chi connectivity index (χ4n) is 1.96. The van der Waals surface area contributed by atoms with Crippen LogP contribution in [0.1, 0.15) is 6.42 Å². The Labute approximate surface area is 92.5 Å². The van der Waals surface area contributed by atoms with Gasteiger partial charge in [0, 0.05) is 19.1 Å². The molecule has 0 amide bonds. The highest BCUT2D eigenvalue weighted by molar-refractivity contribution is 7.22. The number of hydrogen-bond acceptors (Lipinski definition) is 4. The number of thiazole rings is 1. The van der Waals surface area contributed by atoms with Crippen molar-refractivity contribution in [2.75, 3.05) is 18.0 Å². The van der Waals surface area contributed by atoms with Gasteiger partial charge in [0.25, 0.3) is 0 Å². The van der Waals surface area contributed by atoms with E-state index >= 15 is 0 Å². The van der Waals surface area contributed by atoms with Gasteiger partial charge in [0.1, 0.15) is 0 Å². The molecule has 1 fully saturated rings. The fourth-order valence-corrected chi connectivity index (χ4v) is 2.96.